The van der Waals surface area contributed by atoms with E-state index in [1.54, 1.807) is 12.1 Å². The maximum atomic E-state index is 13.1. The van der Waals surface area contributed by atoms with Gasteiger partial charge in [-0.25, -0.2) is 9.78 Å². The maximum Gasteiger partial charge on any atom is 0.326 e. The van der Waals surface area contributed by atoms with Crippen LogP contribution in [0.25, 0.3) is 10.1 Å². The fourth-order valence-electron chi connectivity index (χ4n) is 3.32. The SMILES string of the molecule is O=C(N[C@H](Cc1ccc(Cl)c(Cl)c1)C(=O)O)c1ccc(Cl)cc1NS(=O)(=O)c1nccc2sncc12. The van der Waals surface area contributed by atoms with E-state index in [0.717, 1.165) is 11.5 Å². The fourth-order valence-corrected chi connectivity index (χ4v) is 5.72. The van der Waals surface area contributed by atoms with Gasteiger partial charge in [-0.2, -0.15) is 12.8 Å². The third kappa shape index (κ3) is 5.71. The number of nitrogens with zero attached hydrogens (tertiary/aromatic N) is 2. The molecule has 0 saturated heterocycles. The first-order valence-corrected chi connectivity index (χ1v) is 13.4. The highest BCUT2D eigenvalue weighted by atomic mass is 35.5. The Balaban J connectivity index is 1.62. The molecule has 0 bridgehead atoms. The van der Waals surface area contributed by atoms with Crippen molar-refractivity contribution < 1.29 is 23.1 Å². The molecule has 2 heterocycles. The third-order valence-corrected chi connectivity index (χ3v) is 8.06. The number of carboxylic acids is 1. The molecule has 0 saturated carbocycles. The van der Waals surface area contributed by atoms with E-state index in [4.69, 9.17) is 34.8 Å². The van der Waals surface area contributed by atoms with E-state index in [2.05, 4.69) is 19.4 Å². The number of aliphatic carboxylic acids is 1. The van der Waals surface area contributed by atoms with Crippen LogP contribution in [0, 0.1) is 0 Å². The average Bonchev–Trinajstić information content (AvgIpc) is 3.29. The summed E-state index contributed by atoms with van der Waals surface area (Å²) in [5.74, 6) is -2.13. The Morgan fingerprint density at radius 2 is 1.83 bits per heavy atom. The summed E-state index contributed by atoms with van der Waals surface area (Å²) in [6, 6.07) is 8.80. The number of carboxylic acid groups (broad SMARTS) is 1. The molecule has 2 aromatic carbocycles. The molecule has 2 aromatic heterocycles. The van der Waals surface area contributed by atoms with Gasteiger partial charge >= 0.3 is 5.97 Å². The van der Waals surface area contributed by atoms with Crippen molar-refractivity contribution in [1.29, 1.82) is 0 Å². The Morgan fingerprint density at radius 3 is 2.56 bits per heavy atom. The molecule has 0 unspecified atom stereocenters. The van der Waals surface area contributed by atoms with E-state index in [1.165, 1.54) is 42.7 Å². The summed E-state index contributed by atoms with van der Waals surface area (Å²) in [5, 5.41) is 12.8. The molecule has 0 spiro atoms. The lowest BCUT2D eigenvalue weighted by molar-refractivity contribution is -0.139. The molecule has 0 radical (unpaired) electrons. The Hall–Kier alpha value is -2.96. The minimum Gasteiger partial charge on any atom is -0.480 e. The highest BCUT2D eigenvalue weighted by molar-refractivity contribution is 7.92. The number of carbonyl (C=O) groups is 2. The zero-order valence-corrected chi connectivity index (χ0v) is 21.8. The van der Waals surface area contributed by atoms with E-state index >= 15 is 0 Å². The predicted molar refractivity (Wildman–Crippen MR) is 139 cm³/mol. The molecular weight excluding hydrogens is 571 g/mol. The van der Waals surface area contributed by atoms with Crippen molar-refractivity contribution in [3.63, 3.8) is 0 Å². The number of benzene rings is 2. The molecule has 1 amide bonds. The molecule has 1 atom stereocenters. The van der Waals surface area contributed by atoms with Gasteiger partial charge in [-0.15, -0.1) is 0 Å². The van der Waals surface area contributed by atoms with Gasteiger partial charge in [0.2, 0.25) is 0 Å². The van der Waals surface area contributed by atoms with Crippen LogP contribution >= 0.6 is 46.3 Å². The fraction of sp³-hybridized carbons (Fsp3) is 0.0909. The molecule has 4 aromatic rings. The van der Waals surface area contributed by atoms with Gasteiger partial charge in [0.15, 0.2) is 5.03 Å². The van der Waals surface area contributed by atoms with Crippen molar-refractivity contribution in [3.05, 3.63) is 81.1 Å². The topological polar surface area (TPSA) is 138 Å². The number of anilines is 1. The number of amides is 1. The van der Waals surface area contributed by atoms with Gasteiger partial charge in [0, 0.05) is 17.6 Å². The third-order valence-electron chi connectivity index (χ3n) is 5.00. The van der Waals surface area contributed by atoms with Crippen LogP contribution in [0.1, 0.15) is 15.9 Å². The number of fused-ring (bicyclic) bond motifs is 1. The molecule has 14 heteroatoms. The van der Waals surface area contributed by atoms with Crippen molar-refractivity contribution in [3.8, 4) is 0 Å². The largest absolute Gasteiger partial charge is 0.480 e. The minimum atomic E-state index is -4.26. The number of pyridine rings is 1. The van der Waals surface area contributed by atoms with Gasteiger partial charge in [-0.05, 0) is 53.5 Å². The second-order valence-corrected chi connectivity index (χ2v) is 11.1. The van der Waals surface area contributed by atoms with Crippen molar-refractivity contribution in [2.75, 3.05) is 4.72 Å². The lowest BCUT2D eigenvalue weighted by Gasteiger charge is -2.17. The summed E-state index contributed by atoms with van der Waals surface area (Å²) < 4.78 is 33.2. The molecule has 0 aliphatic heterocycles. The highest BCUT2D eigenvalue weighted by Gasteiger charge is 2.26. The van der Waals surface area contributed by atoms with Crippen LogP contribution in [0.4, 0.5) is 5.69 Å². The Kier molecular flexibility index (Phi) is 7.67. The molecule has 186 valence electrons. The molecule has 0 aliphatic carbocycles. The van der Waals surface area contributed by atoms with Crippen LogP contribution in [-0.2, 0) is 21.2 Å². The van der Waals surface area contributed by atoms with Gasteiger partial charge in [-0.1, -0.05) is 40.9 Å². The summed E-state index contributed by atoms with van der Waals surface area (Å²) in [7, 11) is -4.26. The van der Waals surface area contributed by atoms with Crippen molar-refractivity contribution in [2.24, 2.45) is 0 Å². The number of hydrogen-bond acceptors (Lipinski definition) is 7. The normalized spacial score (nSPS) is 12.3. The zero-order chi connectivity index (χ0) is 26.0. The number of sulfonamides is 1. The number of carbonyl (C=O) groups excluding carboxylic acids is 1. The number of nitrogens with one attached hydrogen (secondary N) is 2. The average molecular weight is 586 g/mol. The molecule has 9 nitrogen and oxygen atoms in total. The van der Waals surface area contributed by atoms with E-state index in [-0.39, 0.29) is 32.7 Å². The van der Waals surface area contributed by atoms with Crippen LogP contribution in [0.5, 0.6) is 0 Å². The van der Waals surface area contributed by atoms with E-state index in [0.29, 0.717) is 20.7 Å². The van der Waals surface area contributed by atoms with Gasteiger partial charge in [0.25, 0.3) is 15.9 Å². The van der Waals surface area contributed by atoms with Gasteiger partial charge in [0.1, 0.15) is 6.04 Å². The molecule has 0 aliphatic rings. The van der Waals surface area contributed by atoms with E-state index in [1.807, 2.05) is 0 Å². The number of rotatable bonds is 8. The van der Waals surface area contributed by atoms with Crippen LogP contribution in [0.15, 0.2) is 59.9 Å². The van der Waals surface area contributed by atoms with Crippen molar-refractivity contribution >= 4 is 84.0 Å². The smallest absolute Gasteiger partial charge is 0.326 e. The van der Waals surface area contributed by atoms with E-state index in [9.17, 15) is 23.1 Å². The van der Waals surface area contributed by atoms with E-state index < -0.39 is 27.9 Å². The standard InChI is InChI=1S/C22H15Cl3N4O5S2/c23-12-2-3-13(20(30)28-18(22(31)32)8-11-1-4-15(24)16(25)7-11)17(9-12)29-36(33,34)21-14-10-27-35-19(14)5-6-26-21/h1-7,9-10,18,29H,8H2,(H,28,30)(H,31,32)/t18-/m1/s1. The predicted octanol–water partition coefficient (Wildman–Crippen LogP) is 4.88. The summed E-state index contributed by atoms with van der Waals surface area (Å²) >= 11 is 19.1. The number of hydrogen-bond donors (Lipinski definition) is 3. The van der Waals surface area contributed by atoms with Crippen LogP contribution in [0.3, 0.4) is 0 Å². The highest BCUT2D eigenvalue weighted by Crippen LogP contribution is 2.28. The molecule has 3 N–H and O–H groups in total. The monoisotopic (exact) mass is 584 g/mol. The summed E-state index contributed by atoms with van der Waals surface area (Å²) in [6.45, 7) is 0. The van der Waals surface area contributed by atoms with Crippen LogP contribution < -0.4 is 10.0 Å². The van der Waals surface area contributed by atoms with Crippen molar-refractivity contribution in [1.82, 2.24) is 14.7 Å². The summed E-state index contributed by atoms with van der Waals surface area (Å²) in [4.78, 5) is 28.9. The number of aromatic nitrogens is 2. The van der Waals surface area contributed by atoms with Crippen molar-refractivity contribution in [2.45, 2.75) is 17.5 Å². The van der Waals surface area contributed by atoms with Crippen LogP contribution in [0.2, 0.25) is 15.1 Å². The lowest BCUT2D eigenvalue weighted by atomic mass is 10.1. The molecule has 0 fully saturated rings. The Bertz CT molecular complexity index is 1590. The first-order valence-electron chi connectivity index (χ1n) is 10.0. The summed E-state index contributed by atoms with van der Waals surface area (Å²) in [5.41, 5.74) is 0.234. The lowest BCUT2D eigenvalue weighted by Crippen LogP contribution is -2.42. The van der Waals surface area contributed by atoms with Gasteiger partial charge < -0.3 is 10.4 Å². The molecule has 4 rings (SSSR count). The minimum absolute atomic E-state index is 0.0936. The van der Waals surface area contributed by atoms with Gasteiger partial charge in [0.05, 0.1) is 37.6 Å². The quantitative estimate of drug-likeness (QED) is 0.268. The summed E-state index contributed by atoms with van der Waals surface area (Å²) in [6.07, 6.45) is 2.62. The second kappa shape index (κ2) is 10.6. The first kappa shape index (κ1) is 26.1. The Morgan fingerprint density at radius 1 is 1.06 bits per heavy atom. The maximum absolute atomic E-state index is 13.1. The number of halogens is 3. The molecular formula is C22H15Cl3N4O5S2. The van der Waals surface area contributed by atoms with Crippen LogP contribution in [-0.4, -0.2) is 40.8 Å². The van der Waals surface area contributed by atoms with Gasteiger partial charge in [-0.3, -0.25) is 9.52 Å². The second-order valence-electron chi connectivity index (χ2n) is 7.47. The zero-order valence-electron chi connectivity index (χ0n) is 17.9. The first-order chi connectivity index (χ1) is 17.0. The molecule has 36 heavy (non-hydrogen) atoms. The Labute approximate surface area is 224 Å².